The molecule has 94 valence electrons. The van der Waals surface area contributed by atoms with Crippen LogP contribution in [0.3, 0.4) is 0 Å². The molecule has 0 aliphatic rings. The van der Waals surface area contributed by atoms with Crippen LogP contribution in [0.2, 0.25) is 0 Å². The zero-order chi connectivity index (χ0) is 13.4. The molecule has 2 aromatic rings. The highest BCUT2D eigenvalue weighted by atomic mass is 16.1. The van der Waals surface area contributed by atoms with Gasteiger partial charge < -0.3 is 5.73 Å². The summed E-state index contributed by atoms with van der Waals surface area (Å²) >= 11 is 0. The minimum absolute atomic E-state index is 0.0346. The molecule has 2 N–H and O–H groups in total. The van der Waals surface area contributed by atoms with E-state index in [-0.39, 0.29) is 5.78 Å². The number of ketones is 1. The first kappa shape index (κ1) is 12.4. The number of nitrogens with two attached hydrogens (primary N) is 1. The Kier molecular flexibility index (Phi) is 2.95. The van der Waals surface area contributed by atoms with Crippen LogP contribution in [0.5, 0.6) is 0 Å². The Labute approximate surface area is 106 Å². The highest BCUT2D eigenvalue weighted by molar-refractivity contribution is 5.99. The van der Waals surface area contributed by atoms with E-state index < -0.39 is 0 Å². The van der Waals surface area contributed by atoms with Crippen LogP contribution in [-0.4, -0.2) is 15.6 Å². The lowest BCUT2D eigenvalue weighted by Crippen LogP contribution is -2.04. The van der Waals surface area contributed by atoms with Crippen LogP contribution in [-0.2, 0) is 0 Å². The van der Waals surface area contributed by atoms with Crippen molar-refractivity contribution in [3.8, 4) is 5.69 Å². The van der Waals surface area contributed by atoms with E-state index in [2.05, 4.69) is 5.10 Å². The minimum atomic E-state index is -0.0346. The highest BCUT2D eigenvalue weighted by Gasteiger charge is 2.11. The zero-order valence-electron chi connectivity index (χ0n) is 11.1. The monoisotopic (exact) mass is 243 g/mol. The van der Waals surface area contributed by atoms with E-state index in [1.165, 1.54) is 6.92 Å². The van der Waals surface area contributed by atoms with E-state index in [1.54, 1.807) is 12.1 Å². The van der Waals surface area contributed by atoms with Crippen molar-refractivity contribution in [3.05, 3.63) is 40.7 Å². The van der Waals surface area contributed by atoms with Crippen molar-refractivity contribution in [2.75, 3.05) is 5.73 Å². The smallest absolute Gasteiger partial charge is 0.161 e. The average molecular weight is 243 g/mol. The number of anilines is 1. The fourth-order valence-electron chi connectivity index (χ4n) is 1.95. The Morgan fingerprint density at radius 3 is 2.44 bits per heavy atom. The molecule has 1 aromatic heterocycles. The maximum Gasteiger partial charge on any atom is 0.161 e. The summed E-state index contributed by atoms with van der Waals surface area (Å²) in [5.41, 5.74) is 10.9. The summed E-state index contributed by atoms with van der Waals surface area (Å²) in [6.07, 6.45) is 0. The van der Waals surface area contributed by atoms with Crippen LogP contribution in [0.25, 0.3) is 5.69 Å². The molecule has 0 saturated carbocycles. The lowest BCUT2D eigenvalue weighted by molar-refractivity contribution is 0.101. The molecule has 0 unspecified atom stereocenters. The molecule has 0 saturated heterocycles. The summed E-state index contributed by atoms with van der Waals surface area (Å²) in [5, 5.41) is 4.47. The fraction of sp³-hybridized carbons (Fsp3) is 0.286. The second-order valence-electron chi connectivity index (χ2n) is 4.54. The number of carbonyl (C=O) groups is 1. The fourth-order valence-corrected chi connectivity index (χ4v) is 1.95. The standard InChI is InChI=1S/C14H17N3O/c1-8-9(2)16-17(10(8)3)12-5-6-14(15)13(7-12)11(4)18/h5-7H,15H2,1-4H3. The number of carbonyl (C=O) groups excluding carboxylic acids is 1. The third-order valence-corrected chi connectivity index (χ3v) is 3.31. The predicted octanol–water partition coefficient (Wildman–Crippen LogP) is 2.58. The van der Waals surface area contributed by atoms with Gasteiger partial charge in [0.05, 0.1) is 11.4 Å². The number of rotatable bonds is 2. The third kappa shape index (κ3) is 1.90. The molecule has 0 bridgehead atoms. The first-order valence-corrected chi connectivity index (χ1v) is 5.85. The molecule has 2 rings (SSSR count). The molecular formula is C14H17N3O. The van der Waals surface area contributed by atoms with Gasteiger partial charge in [-0.25, -0.2) is 4.68 Å². The molecule has 0 radical (unpaired) electrons. The largest absolute Gasteiger partial charge is 0.398 e. The Morgan fingerprint density at radius 2 is 1.94 bits per heavy atom. The Morgan fingerprint density at radius 1 is 1.28 bits per heavy atom. The Bertz CT molecular complexity index is 626. The second-order valence-corrected chi connectivity index (χ2v) is 4.54. The number of hydrogen-bond acceptors (Lipinski definition) is 3. The second kappa shape index (κ2) is 4.29. The normalized spacial score (nSPS) is 10.7. The van der Waals surface area contributed by atoms with Crippen molar-refractivity contribution in [1.29, 1.82) is 0 Å². The van der Waals surface area contributed by atoms with Gasteiger partial charge in [0.1, 0.15) is 0 Å². The highest BCUT2D eigenvalue weighted by Crippen LogP contribution is 2.21. The van der Waals surface area contributed by atoms with Gasteiger partial charge in [0.25, 0.3) is 0 Å². The molecule has 0 aliphatic carbocycles. The van der Waals surface area contributed by atoms with Gasteiger partial charge in [0, 0.05) is 16.9 Å². The van der Waals surface area contributed by atoms with Crippen LogP contribution < -0.4 is 5.73 Å². The van der Waals surface area contributed by atoms with Crippen molar-refractivity contribution in [2.45, 2.75) is 27.7 Å². The van der Waals surface area contributed by atoms with Crippen LogP contribution in [0.15, 0.2) is 18.2 Å². The molecule has 0 fully saturated rings. The summed E-state index contributed by atoms with van der Waals surface area (Å²) in [4.78, 5) is 11.5. The van der Waals surface area contributed by atoms with Crippen LogP contribution >= 0.6 is 0 Å². The molecule has 4 nitrogen and oxygen atoms in total. The van der Waals surface area contributed by atoms with E-state index in [0.29, 0.717) is 11.3 Å². The van der Waals surface area contributed by atoms with Crippen molar-refractivity contribution >= 4 is 11.5 Å². The number of nitrogen functional groups attached to an aromatic ring is 1. The van der Waals surface area contributed by atoms with E-state index in [0.717, 1.165) is 22.6 Å². The molecule has 4 heteroatoms. The van der Waals surface area contributed by atoms with Crippen LogP contribution in [0.1, 0.15) is 34.2 Å². The maximum atomic E-state index is 11.5. The van der Waals surface area contributed by atoms with Crippen molar-refractivity contribution in [2.24, 2.45) is 0 Å². The number of benzene rings is 1. The van der Waals surface area contributed by atoms with Gasteiger partial charge >= 0.3 is 0 Å². The third-order valence-electron chi connectivity index (χ3n) is 3.31. The number of hydrogen-bond donors (Lipinski definition) is 1. The van der Waals surface area contributed by atoms with Crippen molar-refractivity contribution in [3.63, 3.8) is 0 Å². The van der Waals surface area contributed by atoms with E-state index >= 15 is 0 Å². The average Bonchev–Trinajstić information content (AvgIpc) is 2.57. The number of Topliss-reactive ketones (excluding diaryl/α,β-unsaturated/α-hetero) is 1. The van der Waals surface area contributed by atoms with E-state index in [9.17, 15) is 4.79 Å². The number of nitrogens with zero attached hydrogens (tertiary/aromatic N) is 2. The summed E-state index contributed by atoms with van der Waals surface area (Å²) in [6.45, 7) is 7.54. The predicted molar refractivity (Wildman–Crippen MR) is 72.2 cm³/mol. The maximum absolute atomic E-state index is 11.5. The minimum Gasteiger partial charge on any atom is -0.398 e. The van der Waals surface area contributed by atoms with E-state index in [4.69, 9.17) is 5.73 Å². The van der Waals surface area contributed by atoms with E-state index in [1.807, 2.05) is 31.5 Å². The SMILES string of the molecule is CC(=O)c1cc(-n2nc(C)c(C)c2C)ccc1N. The first-order valence-electron chi connectivity index (χ1n) is 5.85. The number of aryl methyl sites for hydroxylation is 1. The summed E-state index contributed by atoms with van der Waals surface area (Å²) in [7, 11) is 0. The molecule has 18 heavy (non-hydrogen) atoms. The molecule has 0 spiro atoms. The summed E-state index contributed by atoms with van der Waals surface area (Å²) in [6, 6.07) is 5.41. The first-order chi connectivity index (χ1) is 8.41. The molecular weight excluding hydrogens is 226 g/mol. The van der Waals surface area contributed by atoms with Crippen LogP contribution in [0, 0.1) is 20.8 Å². The van der Waals surface area contributed by atoms with Crippen LogP contribution in [0.4, 0.5) is 5.69 Å². The van der Waals surface area contributed by atoms with Gasteiger partial charge in [-0.3, -0.25) is 4.79 Å². The lowest BCUT2D eigenvalue weighted by Gasteiger charge is -2.08. The molecule has 0 amide bonds. The topological polar surface area (TPSA) is 60.9 Å². The molecule has 1 heterocycles. The Balaban J connectivity index is 2.61. The summed E-state index contributed by atoms with van der Waals surface area (Å²) in [5.74, 6) is -0.0346. The quantitative estimate of drug-likeness (QED) is 0.651. The van der Waals surface area contributed by atoms with Gasteiger partial charge in [0.15, 0.2) is 5.78 Å². The van der Waals surface area contributed by atoms with Crippen molar-refractivity contribution in [1.82, 2.24) is 9.78 Å². The van der Waals surface area contributed by atoms with Gasteiger partial charge in [-0.05, 0) is 51.5 Å². The summed E-state index contributed by atoms with van der Waals surface area (Å²) < 4.78 is 1.84. The Hall–Kier alpha value is -2.10. The molecule has 0 aliphatic heterocycles. The van der Waals surface area contributed by atoms with Crippen molar-refractivity contribution < 1.29 is 4.79 Å². The van der Waals surface area contributed by atoms with Gasteiger partial charge in [-0.15, -0.1) is 0 Å². The molecule has 0 atom stereocenters. The van der Waals surface area contributed by atoms with Gasteiger partial charge in [-0.2, -0.15) is 5.10 Å². The zero-order valence-corrected chi connectivity index (χ0v) is 11.1. The number of aromatic nitrogens is 2. The molecule has 1 aromatic carbocycles. The van der Waals surface area contributed by atoms with Gasteiger partial charge in [0.2, 0.25) is 0 Å². The lowest BCUT2D eigenvalue weighted by atomic mass is 10.1. The van der Waals surface area contributed by atoms with Gasteiger partial charge in [-0.1, -0.05) is 0 Å².